The smallest absolute Gasteiger partial charge is 0.219 e. The highest BCUT2D eigenvalue weighted by molar-refractivity contribution is 5.79. The first kappa shape index (κ1) is 6.12. The van der Waals surface area contributed by atoms with Crippen LogP contribution >= 0.6 is 0 Å². The predicted octanol–water partition coefficient (Wildman–Crippen LogP) is -0.402. The summed E-state index contributed by atoms with van der Waals surface area (Å²) in [6, 6.07) is 0. The first-order valence-corrected chi connectivity index (χ1v) is 2.52. The minimum Gasteiger partial charge on any atom is -0.524 e. The van der Waals surface area contributed by atoms with Crippen molar-refractivity contribution < 1.29 is 9.53 Å². The van der Waals surface area contributed by atoms with Gasteiger partial charge < -0.3 is 9.64 Å². The Morgan fingerprint density at radius 2 is 2.78 bits per heavy atom. The van der Waals surface area contributed by atoms with Crippen LogP contribution in [-0.2, 0) is 9.53 Å². The van der Waals surface area contributed by atoms with Crippen molar-refractivity contribution in [3.63, 3.8) is 0 Å². The molecule has 1 saturated heterocycles. The van der Waals surface area contributed by atoms with Crippen LogP contribution in [0, 0.1) is 19.1 Å². The van der Waals surface area contributed by atoms with Gasteiger partial charge in [0.1, 0.15) is 0 Å². The first-order valence-electron chi connectivity index (χ1n) is 2.52. The van der Waals surface area contributed by atoms with Gasteiger partial charge in [0.25, 0.3) is 0 Å². The zero-order chi connectivity index (χ0) is 6.69. The van der Waals surface area contributed by atoms with Crippen LogP contribution in [0.25, 0.3) is 0 Å². The van der Waals surface area contributed by atoms with Gasteiger partial charge >= 0.3 is 0 Å². The lowest BCUT2D eigenvalue weighted by Crippen LogP contribution is -2.23. The van der Waals surface area contributed by atoms with Gasteiger partial charge in [-0.3, -0.25) is 4.79 Å². The van der Waals surface area contributed by atoms with Gasteiger partial charge in [0.2, 0.25) is 5.91 Å². The molecular weight excluding hydrogens is 118 g/mol. The van der Waals surface area contributed by atoms with Crippen LogP contribution < -0.4 is 0 Å². The van der Waals surface area contributed by atoms with Crippen LogP contribution in [0.3, 0.4) is 0 Å². The molecule has 0 aromatic carbocycles. The second-order valence-corrected chi connectivity index (χ2v) is 1.64. The summed E-state index contributed by atoms with van der Waals surface area (Å²) in [5, 5.41) is 0. The maximum atomic E-state index is 10.6. The topological polar surface area (TPSA) is 29.5 Å². The van der Waals surface area contributed by atoms with Crippen molar-refractivity contribution in [2.24, 2.45) is 0 Å². The Hall–Kier alpha value is -1.01. The number of carbonyl (C=O) groups excluding carboxylic acids is 1. The van der Waals surface area contributed by atoms with Crippen LogP contribution in [0.15, 0.2) is 0 Å². The van der Waals surface area contributed by atoms with E-state index in [4.69, 9.17) is 6.42 Å². The van der Waals surface area contributed by atoms with Crippen molar-refractivity contribution >= 4 is 5.91 Å². The molecule has 0 radical (unpaired) electrons. The molecule has 0 bridgehead atoms. The fourth-order valence-corrected chi connectivity index (χ4v) is 0.564. The first-order chi connectivity index (χ1) is 4.34. The van der Waals surface area contributed by atoms with Crippen LogP contribution in [0.2, 0.25) is 0 Å². The molecule has 0 aromatic heterocycles. The minimum atomic E-state index is -0.0760. The SMILES string of the molecule is C#CCN1[CH-]OCC1=O. The lowest BCUT2D eigenvalue weighted by molar-refractivity contribution is -0.125. The third-order valence-corrected chi connectivity index (χ3v) is 0.991. The number of hydrogen-bond acceptors (Lipinski definition) is 2. The van der Waals surface area contributed by atoms with Crippen molar-refractivity contribution in [2.75, 3.05) is 13.2 Å². The molecule has 0 atom stereocenters. The van der Waals surface area contributed by atoms with Gasteiger partial charge in [-0.05, 0) is 0 Å². The normalized spacial score (nSPS) is 18.1. The fourth-order valence-electron chi connectivity index (χ4n) is 0.564. The molecule has 1 rings (SSSR count). The van der Waals surface area contributed by atoms with Crippen molar-refractivity contribution in [1.82, 2.24) is 4.90 Å². The van der Waals surface area contributed by atoms with E-state index < -0.39 is 0 Å². The Kier molecular flexibility index (Phi) is 1.71. The average Bonchev–Trinajstić information content (AvgIpc) is 2.18. The number of nitrogens with zero attached hydrogens (tertiary/aromatic N) is 1. The molecule has 0 N–H and O–H groups in total. The largest absolute Gasteiger partial charge is 0.524 e. The van der Waals surface area contributed by atoms with Crippen molar-refractivity contribution in [2.45, 2.75) is 0 Å². The summed E-state index contributed by atoms with van der Waals surface area (Å²) in [6.07, 6.45) is 4.95. The molecule has 0 aliphatic carbocycles. The summed E-state index contributed by atoms with van der Waals surface area (Å²) in [5.74, 6) is 2.26. The standard InChI is InChI=1S/C6H6NO2/c1-2-3-7-5-9-4-6(7)8/h1,5H,3-4H2/q-1. The number of terminal acetylenes is 1. The molecule has 1 aliphatic heterocycles. The number of ether oxygens (including phenoxy) is 1. The van der Waals surface area contributed by atoms with Crippen LogP contribution in [0.4, 0.5) is 0 Å². The lowest BCUT2D eigenvalue weighted by atomic mass is 10.5. The maximum Gasteiger partial charge on any atom is 0.219 e. The molecule has 1 heterocycles. The quantitative estimate of drug-likeness (QED) is 0.351. The minimum absolute atomic E-state index is 0.0760. The van der Waals surface area contributed by atoms with Gasteiger partial charge in [-0.25, -0.2) is 0 Å². The van der Waals surface area contributed by atoms with Gasteiger partial charge in [0.15, 0.2) is 0 Å². The van der Waals surface area contributed by atoms with E-state index in [1.54, 1.807) is 0 Å². The van der Waals surface area contributed by atoms with Crippen LogP contribution in [0.5, 0.6) is 0 Å². The van der Waals surface area contributed by atoms with Gasteiger partial charge in [0, 0.05) is 0 Å². The highest BCUT2D eigenvalue weighted by Crippen LogP contribution is 2.03. The van der Waals surface area contributed by atoms with Crippen molar-refractivity contribution in [3.8, 4) is 12.3 Å². The molecule has 48 valence electrons. The summed E-state index contributed by atoms with van der Waals surface area (Å²) in [5.41, 5.74) is 0. The molecule has 3 heteroatoms. The second-order valence-electron chi connectivity index (χ2n) is 1.64. The van der Waals surface area contributed by atoms with Crippen LogP contribution in [0.1, 0.15) is 0 Å². The molecule has 1 fully saturated rings. The molecular formula is C6H6NO2-. The molecule has 3 nitrogen and oxygen atoms in total. The fraction of sp³-hybridized carbons (Fsp3) is 0.333. The van der Waals surface area contributed by atoms with E-state index in [0.29, 0.717) is 6.54 Å². The summed E-state index contributed by atoms with van der Waals surface area (Å²) < 4.78 is 4.68. The zero-order valence-electron chi connectivity index (χ0n) is 4.83. The van der Waals surface area contributed by atoms with E-state index in [2.05, 4.69) is 10.7 Å². The molecule has 0 spiro atoms. The second kappa shape index (κ2) is 2.51. The molecule has 1 aliphatic rings. The number of hydrogen-bond donors (Lipinski definition) is 0. The number of carbonyl (C=O) groups is 1. The molecule has 0 aromatic rings. The third-order valence-electron chi connectivity index (χ3n) is 0.991. The van der Waals surface area contributed by atoms with E-state index in [1.165, 1.54) is 11.6 Å². The summed E-state index contributed by atoms with van der Waals surface area (Å²) >= 11 is 0. The van der Waals surface area contributed by atoms with Gasteiger partial charge in [-0.15, -0.1) is 13.2 Å². The number of amides is 1. The Morgan fingerprint density at radius 1 is 2.00 bits per heavy atom. The molecule has 0 saturated carbocycles. The monoisotopic (exact) mass is 124 g/mol. The molecule has 1 amide bonds. The molecule has 9 heavy (non-hydrogen) atoms. The third kappa shape index (κ3) is 1.21. The van der Waals surface area contributed by atoms with Gasteiger partial charge in [-0.2, -0.15) is 0 Å². The van der Waals surface area contributed by atoms with E-state index in [9.17, 15) is 4.79 Å². The van der Waals surface area contributed by atoms with Gasteiger partial charge in [-0.1, -0.05) is 5.92 Å². The summed E-state index contributed by atoms with van der Waals surface area (Å²) in [7, 11) is 0. The predicted molar refractivity (Wildman–Crippen MR) is 30.8 cm³/mol. The van der Waals surface area contributed by atoms with E-state index in [1.807, 2.05) is 0 Å². The highest BCUT2D eigenvalue weighted by atomic mass is 16.5. The highest BCUT2D eigenvalue weighted by Gasteiger charge is 2.08. The van der Waals surface area contributed by atoms with Crippen molar-refractivity contribution in [3.05, 3.63) is 6.73 Å². The molecule has 0 unspecified atom stereocenters. The summed E-state index contributed by atoms with van der Waals surface area (Å²) in [4.78, 5) is 12.0. The Morgan fingerprint density at radius 3 is 3.22 bits per heavy atom. The number of rotatable bonds is 1. The maximum absolute atomic E-state index is 10.6. The van der Waals surface area contributed by atoms with Gasteiger partial charge in [0.05, 0.1) is 13.2 Å². The Bertz CT molecular complexity index is 159. The zero-order valence-corrected chi connectivity index (χ0v) is 4.83. The van der Waals surface area contributed by atoms with E-state index in [0.717, 1.165) is 0 Å². The van der Waals surface area contributed by atoms with E-state index >= 15 is 0 Å². The average molecular weight is 124 g/mol. The Balaban J connectivity index is 2.42. The van der Waals surface area contributed by atoms with E-state index in [-0.39, 0.29) is 12.5 Å². The Labute approximate surface area is 53.6 Å². The van der Waals surface area contributed by atoms with Crippen LogP contribution in [-0.4, -0.2) is 24.0 Å². The van der Waals surface area contributed by atoms with Crippen molar-refractivity contribution in [1.29, 1.82) is 0 Å². The summed E-state index contributed by atoms with van der Waals surface area (Å²) in [6.45, 7) is 1.78. The lowest BCUT2D eigenvalue weighted by Gasteiger charge is -2.19.